The lowest BCUT2D eigenvalue weighted by atomic mass is 9.96. The molecular weight excluding hydrogens is 226 g/mol. The fourth-order valence-electron chi connectivity index (χ4n) is 1.65. The van der Waals surface area contributed by atoms with Gasteiger partial charge in [0.2, 0.25) is 0 Å². The maximum Gasteiger partial charge on any atom is 0.165 e. The first-order chi connectivity index (χ1) is 7.56. The third-order valence-electron chi connectivity index (χ3n) is 2.35. The van der Waals surface area contributed by atoms with Gasteiger partial charge in [0.25, 0.3) is 0 Å². The zero-order valence-corrected chi connectivity index (χ0v) is 10.6. The summed E-state index contributed by atoms with van der Waals surface area (Å²) in [5, 5.41) is 9.49. The highest BCUT2D eigenvalue weighted by molar-refractivity contribution is 6.32. The van der Waals surface area contributed by atoms with Crippen molar-refractivity contribution < 1.29 is 9.47 Å². The van der Waals surface area contributed by atoms with E-state index in [4.69, 9.17) is 26.3 Å². The van der Waals surface area contributed by atoms with Gasteiger partial charge >= 0.3 is 0 Å². The topological polar surface area (TPSA) is 42.2 Å². The number of benzene rings is 1. The number of nitrogens with zero attached hydrogens (tertiary/aromatic N) is 1. The molecule has 1 aromatic rings. The van der Waals surface area contributed by atoms with Gasteiger partial charge in [-0.2, -0.15) is 5.26 Å². The number of hydrogen-bond acceptors (Lipinski definition) is 3. The van der Waals surface area contributed by atoms with Crippen LogP contribution in [0.1, 0.15) is 30.9 Å². The zero-order chi connectivity index (χ0) is 12.3. The summed E-state index contributed by atoms with van der Waals surface area (Å²) in [5.41, 5.74) is 1.24. The monoisotopic (exact) mass is 239 g/mol. The van der Waals surface area contributed by atoms with Gasteiger partial charge in [-0.25, -0.2) is 0 Å². The molecule has 0 radical (unpaired) electrons. The predicted molar refractivity (Wildman–Crippen MR) is 63.4 cm³/mol. The summed E-state index contributed by atoms with van der Waals surface area (Å²) in [6.07, 6.45) is 0. The van der Waals surface area contributed by atoms with E-state index in [9.17, 15) is 0 Å². The SMILES string of the molecule is COc1cc(Cl)c(C#N)c(C(C)C)c1OC. The lowest BCUT2D eigenvalue weighted by Crippen LogP contribution is -2.01. The van der Waals surface area contributed by atoms with Crippen LogP contribution in [-0.2, 0) is 0 Å². The smallest absolute Gasteiger partial charge is 0.165 e. The molecule has 86 valence electrons. The first-order valence-electron chi connectivity index (χ1n) is 4.91. The average Bonchev–Trinajstić information content (AvgIpc) is 2.27. The fourth-order valence-corrected chi connectivity index (χ4v) is 1.90. The highest BCUT2D eigenvalue weighted by Crippen LogP contribution is 2.41. The Labute approximate surface area is 101 Å². The molecule has 1 rings (SSSR count). The molecule has 0 aliphatic heterocycles. The first-order valence-corrected chi connectivity index (χ1v) is 5.29. The Morgan fingerprint density at radius 3 is 2.31 bits per heavy atom. The number of ether oxygens (including phenoxy) is 2. The van der Waals surface area contributed by atoms with Gasteiger partial charge in [-0.1, -0.05) is 25.4 Å². The van der Waals surface area contributed by atoms with E-state index in [1.807, 2.05) is 13.8 Å². The van der Waals surface area contributed by atoms with E-state index in [1.165, 1.54) is 0 Å². The summed E-state index contributed by atoms with van der Waals surface area (Å²) in [6.45, 7) is 3.96. The molecule has 0 unspecified atom stereocenters. The van der Waals surface area contributed by atoms with Crippen molar-refractivity contribution in [2.24, 2.45) is 0 Å². The summed E-state index contributed by atoms with van der Waals surface area (Å²) >= 11 is 6.03. The van der Waals surface area contributed by atoms with Gasteiger partial charge in [0.05, 0.1) is 24.8 Å². The van der Waals surface area contributed by atoms with E-state index >= 15 is 0 Å². The van der Waals surface area contributed by atoms with E-state index in [2.05, 4.69) is 6.07 Å². The van der Waals surface area contributed by atoms with Crippen molar-refractivity contribution in [3.8, 4) is 17.6 Å². The van der Waals surface area contributed by atoms with Crippen molar-refractivity contribution in [3.63, 3.8) is 0 Å². The lowest BCUT2D eigenvalue weighted by molar-refractivity contribution is 0.350. The van der Waals surface area contributed by atoms with Gasteiger partial charge in [-0.05, 0) is 5.92 Å². The maximum absolute atomic E-state index is 9.10. The molecule has 0 spiro atoms. The average molecular weight is 240 g/mol. The number of nitriles is 1. The second-order valence-electron chi connectivity index (χ2n) is 3.65. The van der Waals surface area contributed by atoms with Crippen LogP contribution in [0.5, 0.6) is 11.5 Å². The molecule has 0 N–H and O–H groups in total. The van der Waals surface area contributed by atoms with Gasteiger partial charge in [-0.3, -0.25) is 0 Å². The second-order valence-corrected chi connectivity index (χ2v) is 4.06. The Morgan fingerprint density at radius 2 is 1.94 bits per heavy atom. The molecule has 0 saturated carbocycles. The van der Waals surface area contributed by atoms with E-state index in [0.29, 0.717) is 22.1 Å². The van der Waals surface area contributed by atoms with Crippen LogP contribution in [0.3, 0.4) is 0 Å². The van der Waals surface area contributed by atoms with Gasteiger partial charge in [0, 0.05) is 11.6 Å². The van der Waals surface area contributed by atoms with Crippen LogP contribution < -0.4 is 9.47 Å². The summed E-state index contributed by atoms with van der Waals surface area (Å²) in [7, 11) is 3.10. The molecule has 0 amide bonds. The van der Waals surface area contributed by atoms with Crippen LogP contribution in [0.15, 0.2) is 6.07 Å². The fraction of sp³-hybridized carbons (Fsp3) is 0.417. The first kappa shape index (κ1) is 12.7. The number of methoxy groups -OCH3 is 2. The highest BCUT2D eigenvalue weighted by atomic mass is 35.5. The molecule has 0 fully saturated rings. The molecule has 3 nitrogen and oxygen atoms in total. The summed E-state index contributed by atoms with van der Waals surface area (Å²) in [6, 6.07) is 3.71. The van der Waals surface area contributed by atoms with Crippen molar-refractivity contribution in [1.29, 1.82) is 5.26 Å². The Morgan fingerprint density at radius 1 is 1.31 bits per heavy atom. The van der Waals surface area contributed by atoms with Gasteiger partial charge in [0.15, 0.2) is 11.5 Å². The molecule has 0 saturated heterocycles. The normalized spacial score (nSPS) is 10.1. The molecule has 0 aromatic heterocycles. The lowest BCUT2D eigenvalue weighted by Gasteiger charge is -2.17. The van der Waals surface area contributed by atoms with Crippen LogP contribution in [0.4, 0.5) is 0 Å². The Bertz CT molecular complexity index is 436. The summed E-state index contributed by atoms with van der Waals surface area (Å²) in [4.78, 5) is 0. The van der Waals surface area contributed by atoms with E-state index in [-0.39, 0.29) is 5.92 Å². The quantitative estimate of drug-likeness (QED) is 0.812. The maximum atomic E-state index is 9.10. The van der Waals surface area contributed by atoms with Crippen LogP contribution in [-0.4, -0.2) is 14.2 Å². The molecule has 0 atom stereocenters. The largest absolute Gasteiger partial charge is 0.493 e. The molecular formula is C12H14ClNO2. The number of hydrogen-bond donors (Lipinski definition) is 0. The molecule has 1 aromatic carbocycles. The van der Waals surface area contributed by atoms with Crippen LogP contribution in [0.2, 0.25) is 5.02 Å². The molecule has 0 aliphatic carbocycles. The molecule has 0 bridgehead atoms. The number of halogens is 1. The zero-order valence-electron chi connectivity index (χ0n) is 9.80. The minimum absolute atomic E-state index is 0.136. The summed E-state index contributed by atoms with van der Waals surface area (Å²) < 4.78 is 10.5. The Hall–Kier alpha value is -1.40. The van der Waals surface area contributed by atoms with Gasteiger partial charge in [0.1, 0.15) is 6.07 Å². The Kier molecular flexibility index (Phi) is 4.03. The second kappa shape index (κ2) is 5.09. The van der Waals surface area contributed by atoms with Crippen molar-refractivity contribution in [2.75, 3.05) is 14.2 Å². The van der Waals surface area contributed by atoms with Crippen molar-refractivity contribution in [1.82, 2.24) is 0 Å². The highest BCUT2D eigenvalue weighted by Gasteiger charge is 2.20. The van der Waals surface area contributed by atoms with Crippen molar-refractivity contribution in [3.05, 3.63) is 22.2 Å². The third kappa shape index (κ3) is 2.07. The molecule has 4 heteroatoms. The standard InChI is InChI=1S/C12H14ClNO2/c1-7(2)11-8(6-14)9(13)5-10(15-3)12(11)16-4/h5,7H,1-4H3. The van der Waals surface area contributed by atoms with Crippen molar-refractivity contribution >= 4 is 11.6 Å². The Balaban J connectivity index is 3.62. The van der Waals surface area contributed by atoms with Crippen molar-refractivity contribution in [2.45, 2.75) is 19.8 Å². The van der Waals surface area contributed by atoms with Gasteiger partial charge < -0.3 is 9.47 Å². The van der Waals surface area contributed by atoms with Crippen LogP contribution in [0, 0.1) is 11.3 Å². The third-order valence-corrected chi connectivity index (χ3v) is 2.65. The summed E-state index contributed by atoms with van der Waals surface area (Å²) in [5.74, 6) is 1.27. The molecule has 0 aliphatic rings. The van der Waals surface area contributed by atoms with E-state index in [1.54, 1.807) is 20.3 Å². The minimum Gasteiger partial charge on any atom is -0.493 e. The predicted octanol–water partition coefficient (Wildman–Crippen LogP) is 3.35. The number of rotatable bonds is 3. The van der Waals surface area contributed by atoms with Gasteiger partial charge in [-0.15, -0.1) is 0 Å². The van der Waals surface area contributed by atoms with Crippen LogP contribution in [0.25, 0.3) is 0 Å². The van der Waals surface area contributed by atoms with E-state index in [0.717, 1.165) is 5.56 Å². The molecule has 0 heterocycles. The van der Waals surface area contributed by atoms with E-state index < -0.39 is 0 Å². The van der Waals surface area contributed by atoms with Crippen LogP contribution >= 0.6 is 11.6 Å². The minimum atomic E-state index is 0.136. The molecule has 16 heavy (non-hydrogen) atoms.